The molecule has 1 N–H and O–H groups in total. The van der Waals surface area contributed by atoms with Crippen LogP contribution >= 0.6 is 11.8 Å². The Balaban J connectivity index is 1.71. The van der Waals surface area contributed by atoms with Crippen LogP contribution in [0.2, 0.25) is 0 Å². The Kier molecular flexibility index (Phi) is 5.65. The van der Waals surface area contributed by atoms with Crippen molar-refractivity contribution in [3.05, 3.63) is 72.1 Å². The highest BCUT2D eigenvalue weighted by molar-refractivity contribution is 8.00. The number of pyridine rings is 1. The van der Waals surface area contributed by atoms with Crippen LogP contribution in [-0.4, -0.2) is 16.4 Å². The van der Waals surface area contributed by atoms with E-state index in [2.05, 4.69) is 10.3 Å². The number of rotatable bonds is 5. The van der Waals surface area contributed by atoms with E-state index in [4.69, 9.17) is 0 Å². The molecule has 0 aliphatic heterocycles. The number of carbonyl (C=O) groups excluding carboxylic acids is 1. The molecule has 0 aliphatic rings. The second-order valence-corrected chi connectivity index (χ2v) is 8.04. The molecular weight excluding hydrogens is 385 g/mol. The third kappa shape index (κ3) is 4.65. The van der Waals surface area contributed by atoms with Gasteiger partial charge in [0.1, 0.15) is 0 Å². The van der Waals surface area contributed by atoms with E-state index in [-0.39, 0.29) is 29.1 Å². The Morgan fingerprint density at radius 1 is 1.07 bits per heavy atom. The molecule has 0 atom stereocenters. The molecule has 1 amide bonds. The van der Waals surface area contributed by atoms with E-state index in [9.17, 15) is 18.0 Å². The minimum absolute atomic E-state index is 0.118. The highest BCUT2D eigenvalue weighted by atomic mass is 32.2. The first kappa shape index (κ1) is 20.2. The zero-order valence-corrected chi connectivity index (χ0v) is 16.2. The first-order valence-corrected chi connectivity index (χ1v) is 9.45. The maximum atomic E-state index is 12.9. The molecule has 0 bridgehead atoms. The van der Waals surface area contributed by atoms with Crippen molar-refractivity contribution >= 4 is 28.4 Å². The molecule has 2 aromatic carbocycles. The highest BCUT2D eigenvalue weighted by Gasteiger charge is 2.31. The van der Waals surface area contributed by atoms with Gasteiger partial charge < -0.3 is 5.32 Å². The van der Waals surface area contributed by atoms with Gasteiger partial charge in [0.05, 0.1) is 5.41 Å². The number of thioether (sulfide) groups is 1. The van der Waals surface area contributed by atoms with Crippen molar-refractivity contribution < 1.29 is 18.0 Å². The Bertz CT molecular complexity index is 980. The van der Waals surface area contributed by atoms with Gasteiger partial charge in [0, 0.05) is 29.2 Å². The maximum absolute atomic E-state index is 12.9. The van der Waals surface area contributed by atoms with E-state index in [1.807, 2.05) is 38.1 Å². The average Bonchev–Trinajstić information content (AvgIpc) is 2.65. The van der Waals surface area contributed by atoms with Crippen molar-refractivity contribution in [1.82, 2.24) is 10.3 Å². The molecule has 28 heavy (non-hydrogen) atoms. The van der Waals surface area contributed by atoms with Crippen molar-refractivity contribution in [2.45, 2.75) is 36.2 Å². The Hall–Kier alpha value is -2.54. The predicted molar refractivity (Wildman–Crippen MR) is 105 cm³/mol. The van der Waals surface area contributed by atoms with Gasteiger partial charge in [0.2, 0.25) is 5.91 Å². The number of amides is 1. The van der Waals surface area contributed by atoms with Gasteiger partial charge in [-0.25, -0.2) is 0 Å². The van der Waals surface area contributed by atoms with Gasteiger partial charge in [-0.2, -0.15) is 13.2 Å². The van der Waals surface area contributed by atoms with Crippen LogP contribution in [0.5, 0.6) is 0 Å². The van der Waals surface area contributed by atoms with E-state index >= 15 is 0 Å². The Labute approximate surface area is 165 Å². The van der Waals surface area contributed by atoms with Crippen LogP contribution < -0.4 is 5.32 Å². The molecular formula is C21H19F3N2OS. The normalized spacial score (nSPS) is 12.2. The molecule has 0 unspecified atom stereocenters. The number of aromatic nitrogens is 1. The molecule has 0 spiro atoms. The maximum Gasteiger partial charge on any atom is 0.446 e. The molecule has 7 heteroatoms. The predicted octanol–water partition coefficient (Wildman–Crippen LogP) is 5.44. The Morgan fingerprint density at radius 3 is 2.46 bits per heavy atom. The molecule has 0 saturated carbocycles. The number of nitrogens with zero attached hydrogens (tertiary/aromatic N) is 1. The summed E-state index contributed by atoms with van der Waals surface area (Å²) in [6.07, 6.45) is 3.45. The molecule has 0 saturated heterocycles. The lowest BCUT2D eigenvalue weighted by Crippen LogP contribution is -2.39. The van der Waals surface area contributed by atoms with Crippen LogP contribution in [0.3, 0.4) is 0 Å². The second kappa shape index (κ2) is 7.83. The lowest BCUT2D eigenvalue weighted by molar-refractivity contribution is -0.125. The van der Waals surface area contributed by atoms with Gasteiger partial charge in [-0.15, -0.1) is 0 Å². The molecule has 146 valence electrons. The van der Waals surface area contributed by atoms with Crippen molar-refractivity contribution in [3.8, 4) is 0 Å². The molecule has 1 heterocycles. The molecule has 3 nitrogen and oxygen atoms in total. The van der Waals surface area contributed by atoms with Gasteiger partial charge in [0.25, 0.3) is 0 Å². The first-order chi connectivity index (χ1) is 13.2. The van der Waals surface area contributed by atoms with Crippen LogP contribution in [0.25, 0.3) is 10.8 Å². The smallest absolute Gasteiger partial charge is 0.351 e. The summed E-state index contributed by atoms with van der Waals surface area (Å²) < 4.78 is 37.2. The number of carbonyl (C=O) groups is 1. The fourth-order valence-corrected chi connectivity index (χ4v) is 3.54. The van der Waals surface area contributed by atoms with Crippen LogP contribution in [0.4, 0.5) is 13.2 Å². The number of nitrogens with one attached hydrogen (secondary N) is 1. The summed E-state index contributed by atoms with van der Waals surface area (Å²) in [6, 6.07) is 13.6. The molecule has 1 aromatic heterocycles. The van der Waals surface area contributed by atoms with Gasteiger partial charge in [-0.05, 0) is 60.3 Å². The fraction of sp³-hybridized carbons (Fsp3) is 0.238. The summed E-state index contributed by atoms with van der Waals surface area (Å²) in [5, 5.41) is 4.81. The minimum atomic E-state index is -4.31. The average molecular weight is 404 g/mol. The number of halogens is 3. The third-order valence-electron chi connectivity index (χ3n) is 4.53. The van der Waals surface area contributed by atoms with E-state index in [0.717, 1.165) is 21.9 Å². The third-order valence-corrected chi connectivity index (χ3v) is 5.27. The number of hydrogen-bond acceptors (Lipinski definition) is 3. The van der Waals surface area contributed by atoms with Crippen LogP contribution in [0, 0.1) is 0 Å². The van der Waals surface area contributed by atoms with Crippen molar-refractivity contribution in [2.75, 3.05) is 0 Å². The molecule has 3 aromatic rings. The van der Waals surface area contributed by atoms with Crippen LogP contribution in [0.15, 0.2) is 65.8 Å². The zero-order chi connectivity index (χ0) is 20.4. The zero-order valence-electron chi connectivity index (χ0n) is 15.4. The minimum Gasteiger partial charge on any atom is -0.351 e. The Morgan fingerprint density at radius 2 is 1.79 bits per heavy atom. The summed E-state index contributed by atoms with van der Waals surface area (Å²) in [6.45, 7) is 3.94. The number of hydrogen-bond donors (Lipinski definition) is 1. The largest absolute Gasteiger partial charge is 0.446 e. The van der Waals surface area contributed by atoms with Gasteiger partial charge in [-0.1, -0.05) is 30.3 Å². The molecule has 3 rings (SSSR count). The monoisotopic (exact) mass is 404 g/mol. The molecule has 0 aliphatic carbocycles. The summed E-state index contributed by atoms with van der Waals surface area (Å²) in [5.41, 5.74) is -3.47. The van der Waals surface area contributed by atoms with Crippen LogP contribution in [0.1, 0.15) is 25.0 Å². The quantitative estimate of drug-likeness (QED) is 0.576. The van der Waals surface area contributed by atoms with Crippen molar-refractivity contribution in [2.24, 2.45) is 0 Å². The summed E-state index contributed by atoms with van der Waals surface area (Å²) in [5.74, 6) is -0.162. The first-order valence-electron chi connectivity index (χ1n) is 8.63. The number of alkyl halides is 3. The summed E-state index contributed by atoms with van der Waals surface area (Å²) in [7, 11) is 0. The molecule has 0 fully saturated rings. The molecule has 0 radical (unpaired) electrons. The van der Waals surface area contributed by atoms with E-state index in [0.29, 0.717) is 0 Å². The van der Waals surface area contributed by atoms with Gasteiger partial charge in [0.15, 0.2) is 0 Å². The van der Waals surface area contributed by atoms with Crippen molar-refractivity contribution in [1.29, 1.82) is 0 Å². The van der Waals surface area contributed by atoms with E-state index in [1.54, 1.807) is 24.5 Å². The lowest BCUT2D eigenvalue weighted by atomic mass is 9.81. The lowest BCUT2D eigenvalue weighted by Gasteiger charge is -2.25. The van der Waals surface area contributed by atoms with Crippen molar-refractivity contribution in [3.63, 3.8) is 0 Å². The topological polar surface area (TPSA) is 42.0 Å². The van der Waals surface area contributed by atoms with E-state index < -0.39 is 10.9 Å². The van der Waals surface area contributed by atoms with Gasteiger partial charge in [-0.3, -0.25) is 9.78 Å². The van der Waals surface area contributed by atoms with Gasteiger partial charge >= 0.3 is 5.51 Å². The standard InChI is InChI=1S/C21H19F3N2OS/c1-20(2,18-5-3-4-15-13-25-11-10-17(15)18)19(27)26-12-14-6-8-16(9-7-14)28-21(22,23)24/h3-11,13H,12H2,1-2H3,(H,26,27). The summed E-state index contributed by atoms with van der Waals surface area (Å²) in [4.78, 5) is 17.1. The summed E-state index contributed by atoms with van der Waals surface area (Å²) >= 11 is -0.156. The SMILES string of the molecule is CC(C)(C(=O)NCc1ccc(SC(F)(F)F)cc1)c1cccc2cnccc12. The highest BCUT2D eigenvalue weighted by Crippen LogP contribution is 2.36. The second-order valence-electron chi connectivity index (χ2n) is 6.90. The van der Waals surface area contributed by atoms with E-state index in [1.165, 1.54) is 12.1 Å². The number of benzene rings is 2. The number of fused-ring (bicyclic) bond motifs is 1. The van der Waals surface area contributed by atoms with Crippen LogP contribution in [-0.2, 0) is 16.8 Å². The fourth-order valence-electron chi connectivity index (χ4n) is 3.00.